The summed E-state index contributed by atoms with van der Waals surface area (Å²) in [7, 11) is 0. The van der Waals surface area contributed by atoms with E-state index in [9.17, 15) is 9.59 Å². The lowest BCUT2D eigenvalue weighted by Gasteiger charge is -2.16. The van der Waals surface area contributed by atoms with Gasteiger partial charge in [-0.1, -0.05) is 83.8 Å². The lowest BCUT2D eigenvalue weighted by atomic mass is 9.90. The maximum Gasteiger partial charge on any atom is 0.316 e. The summed E-state index contributed by atoms with van der Waals surface area (Å²) in [5, 5.41) is 11.3. The topological polar surface area (TPSA) is 81.2 Å². The number of hydrogen-bond acceptors (Lipinski definition) is 7. The highest BCUT2D eigenvalue weighted by molar-refractivity contribution is 8.01. The fourth-order valence-electron chi connectivity index (χ4n) is 2.61. The van der Waals surface area contributed by atoms with Crippen LogP contribution in [0, 0.1) is 0 Å². The summed E-state index contributed by atoms with van der Waals surface area (Å²) in [6.45, 7) is 2.11. The normalized spacial score (nSPS) is 10.6. The molecule has 28 heavy (non-hydrogen) atoms. The van der Waals surface area contributed by atoms with E-state index in [0.29, 0.717) is 16.1 Å². The average Bonchev–Trinajstić information content (AvgIpc) is 3.16. The molecule has 0 aliphatic rings. The molecule has 8 heteroatoms. The summed E-state index contributed by atoms with van der Waals surface area (Å²) in [5.74, 6) is -0.786. The van der Waals surface area contributed by atoms with Gasteiger partial charge in [-0.25, -0.2) is 0 Å². The van der Waals surface area contributed by atoms with Gasteiger partial charge in [0.05, 0.1) is 18.3 Å². The zero-order valence-corrected chi connectivity index (χ0v) is 16.8. The Morgan fingerprint density at radius 3 is 2.21 bits per heavy atom. The van der Waals surface area contributed by atoms with Gasteiger partial charge in [0.2, 0.25) is 11.0 Å². The van der Waals surface area contributed by atoms with Crippen LogP contribution in [0.2, 0.25) is 0 Å². The van der Waals surface area contributed by atoms with Gasteiger partial charge in [0.15, 0.2) is 4.34 Å². The lowest BCUT2D eigenvalue weighted by molar-refractivity contribution is -0.139. The molecule has 144 valence electrons. The second kappa shape index (κ2) is 10.0. The number of nitrogens with one attached hydrogen (secondary N) is 1. The zero-order valence-electron chi connectivity index (χ0n) is 15.2. The molecular weight excluding hydrogens is 394 g/mol. The quantitative estimate of drug-likeness (QED) is 0.342. The van der Waals surface area contributed by atoms with E-state index in [4.69, 9.17) is 4.74 Å². The van der Waals surface area contributed by atoms with E-state index in [2.05, 4.69) is 15.5 Å². The minimum absolute atomic E-state index is 0.160. The Balaban J connectivity index is 1.72. The Bertz CT molecular complexity index is 877. The summed E-state index contributed by atoms with van der Waals surface area (Å²) < 4.78 is 5.49. The van der Waals surface area contributed by atoms with Crippen LogP contribution in [-0.4, -0.2) is 34.4 Å². The number of carbonyl (C=O) groups excluding carboxylic acids is 2. The van der Waals surface area contributed by atoms with Crippen molar-refractivity contribution >= 4 is 40.1 Å². The third-order valence-electron chi connectivity index (χ3n) is 3.78. The van der Waals surface area contributed by atoms with Crippen LogP contribution in [0.4, 0.5) is 5.13 Å². The molecule has 0 spiro atoms. The maximum atomic E-state index is 13.0. The molecule has 0 unspecified atom stereocenters. The van der Waals surface area contributed by atoms with Crippen LogP contribution in [0.1, 0.15) is 24.0 Å². The van der Waals surface area contributed by atoms with Crippen LogP contribution in [0.5, 0.6) is 0 Å². The molecule has 6 nitrogen and oxygen atoms in total. The van der Waals surface area contributed by atoms with Crippen molar-refractivity contribution in [2.24, 2.45) is 0 Å². The van der Waals surface area contributed by atoms with Gasteiger partial charge >= 0.3 is 5.97 Å². The predicted octanol–water partition coefficient (Wildman–Crippen LogP) is 3.96. The minimum Gasteiger partial charge on any atom is -0.465 e. The number of hydrogen-bond donors (Lipinski definition) is 1. The van der Waals surface area contributed by atoms with Crippen molar-refractivity contribution in [3.05, 3.63) is 71.8 Å². The van der Waals surface area contributed by atoms with Crippen LogP contribution < -0.4 is 5.32 Å². The highest BCUT2D eigenvalue weighted by Gasteiger charge is 2.23. The highest BCUT2D eigenvalue weighted by atomic mass is 32.2. The number of nitrogens with zero attached hydrogens (tertiary/aromatic N) is 2. The monoisotopic (exact) mass is 413 g/mol. The first kappa shape index (κ1) is 20.0. The number of carbonyl (C=O) groups is 2. The lowest BCUT2D eigenvalue weighted by Crippen LogP contribution is -2.22. The fraction of sp³-hybridized carbons (Fsp3) is 0.200. The van der Waals surface area contributed by atoms with E-state index in [1.165, 1.54) is 23.1 Å². The standard InChI is InChI=1S/C20H19N3O3S2/c1-2-26-16(24)13-27-20-23-22-19(28-20)21-18(25)17(14-9-5-3-6-10-14)15-11-7-4-8-12-15/h3-12,17H,2,13H2,1H3,(H,21,22,25). The second-order valence-electron chi connectivity index (χ2n) is 5.71. The second-order valence-corrected chi connectivity index (χ2v) is 7.91. The van der Waals surface area contributed by atoms with E-state index in [1.54, 1.807) is 6.92 Å². The van der Waals surface area contributed by atoms with Gasteiger partial charge in [0.1, 0.15) is 0 Å². The van der Waals surface area contributed by atoms with E-state index in [1.807, 2.05) is 60.7 Å². The average molecular weight is 414 g/mol. The number of rotatable bonds is 8. The molecule has 0 aliphatic heterocycles. The SMILES string of the molecule is CCOC(=O)CSc1nnc(NC(=O)C(c2ccccc2)c2ccccc2)s1. The Morgan fingerprint density at radius 1 is 1.04 bits per heavy atom. The van der Waals surface area contributed by atoms with Crippen LogP contribution in [0.3, 0.4) is 0 Å². The van der Waals surface area contributed by atoms with Gasteiger partial charge in [-0.3, -0.25) is 14.9 Å². The van der Waals surface area contributed by atoms with E-state index in [0.717, 1.165) is 11.1 Å². The molecule has 0 fully saturated rings. The Hall–Kier alpha value is -2.71. The van der Waals surface area contributed by atoms with Crippen molar-refractivity contribution in [1.82, 2.24) is 10.2 Å². The molecule has 0 saturated heterocycles. The van der Waals surface area contributed by atoms with Crippen molar-refractivity contribution < 1.29 is 14.3 Å². The van der Waals surface area contributed by atoms with Crippen LogP contribution >= 0.6 is 23.1 Å². The molecule has 0 aliphatic carbocycles. The molecule has 3 rings (SSSR count). The molecule has 1 heterocycles. The molecular formula is C20H19N3O3S2. The van der Waals surface area contributed by atoms with Gasteiger partial charge in [-0.2, -0.15) is 0 Å². The largest absolute Gasteiger partial charge is 0.465 e. The third-order valence-corrected chi connectivity index (χ3v) is 5.73. The maximum absolute atomic E-state index is 13.0. The molecule has 0 saturated carbocycles. The van der Waals surface area contributed by atoms with Crippen molar-refractivity contribution in [3.63, 3.8) is 0 Å². The van der Waals surface area contributed by atoms with Gasteiger partial charge in [0.25, 0.3) is 0 Å². The van der Waals surface area contributed by atoms with E-state index >= 15 is 0 Å². The summed E-state index contributed by atoms with van der Waals surface area (Å²) in [5.41, 5.74) is 1.79. The molecule has 1 N–H and O–H groups in total. The van der Waals surface area contributed by atoms with Gasteiger partial charge in [-0.05, 0) is 18.1 Å². The summed E-state index contributed by atoms with van der Waals surface area (Å²) in [6, 6.07) is 19.2. The van der Waals surface area contributed by atoms with Gasteiger partial charge in [-0.15, -0.1) is 10.2 Å². The third kappa shape index (κ3) is 5.40. The first-order valence-corrected chi connectivity index (χ1v) is 10.5. The molecule has 1 aromatic heterocycles. The van der Waals surface area contributed by atoms with Gasteiger partial charge in [0, 0.05) is 0 Å². The predicted molar refractivity (Wildman–Crippen MR) is 111 cm³/mol. The Kier molecular flexibility index (Phi) is 7.16. The van der Waals surface area contributed by atoms with Crippen LogP contribution in [0.25, 0.3) is 0 Å². The molecule has 0 radical (unpaired) electrons. The number of benzene rings is 2. The summed E-state index contributed by atoms with van der Waals surface area (Å²) in [6.07, 6.45) is 0. The van der Waals surface area contributed by atoms with Crippen molar-refractivity contribution in [1.29, 1.82) is 0 Å². The first-order valence-electron chi connectivity index (χ1n) is 8.70. The van der Waals surface area contributed by atoms with Crippen molar-refractivity contribution in [2.45, 2.75) is 17.2 Å². The number of esters is 1. The molecule has 3 aromatic rings. The Labute approximate surface area is 171 Å². The fourth-order valence-corrected chi connectivity index (χ4v) is 4.16. The minimum atomic E-state index is -0.457. The molecule has 1 amide bonds. The molecule has 2 aromatic carbocycles. The number of amides is 1. The van der Waals surface area contributed by atoms with E-state index < -0.39 is 5.92 Å². The Morgan fingerprint density at radius 2 is 1.64 bits per heavy atom. The summed E-state index contributed by atoms with van der Waals surface area (Å²) in [4.78, 5) is 24.5. The number of anilines is 1. The smallest absolute Gasteiger partial charge is 0.316 e. The zero-order chi connectivity index (χ0) is 19.8. The summed E-state index contributed by atoms with van der Waals surface area (Å²) >= 11 is 2.47. The number of aromatic nitrogens is 2. The van der Waals surface area contributed by atoms with Crippen molar-refractivity contribution in [2.75, 3.05) is 17.7 Å². The number of thioether (sulfide) groups is 1. The molecule has 0 atom stereocenters. The number of ether oxygens (including phenoxy) is 1. The highest BCUT2D eigenvalue weighted by Crippen LogP contribution is 2.29. The van der Waals surface area contributed by atoms with Crippen LogP contribution in [-0.2, 0) is 14.3 Å². The first-order chi connectivity index (χ1) is 13.7. The van der Waals surface area contributed by atoms with E-state index in [-0.39, 0.29) is 17.6 Å². The van der Waals surface area contributed by atoms with Crippen LogP contribution in [0.15, 0.2) is 65.0 Å². The van der Waals surface area contributed by atoms with Crippen molar-refractivity contribution in [3.8, 4) is 0 Å². The molecule has 0 bridgehead atoms. The van der Waals surface area contributed by atoms with Gasteiger partial charge < -0.3 is 4.74 Å².